The number of nitrogens with one attached hydrogen (secondary N) is 1. The van der Waals surface area contributed by atoms with Crippen LogP contribution in [-0.2, 0) is 6.42 Å². The number of aromatic amines is 1. The second-order valence-corrected chi connectivity index (χ2v) is 6.68. The van der Waals surface area contributed by atoms with Crippen LogP contribution in [0.3, 0.4) is 0 Å². The summed E-state index contributed by atoms with van der Waals surface area (Å²) in [5.74, 6) is 0. The minimum Gasteiger partial charge on any atom is -0.353 e. The number of hydrogen-bond acceptors (Lipinski definition) is 1. The van der Waals surface area contributed by atoms with Crippen molar-refractivity contribution in [3.63, 3.8) is 0 Å². The molecule has 114 valence electrons. The molecule has 0 unspecified atom stereocenters. The Balaban J connectivity index is 2.12. The van der Waals surface area contributed by atoms with Crippen LogP contribution in [0.1, 0.15) is 18.4 Å². The van der Waals surface area contributed by atoms with Gasteiger partial charge in [-0.3, -0.25) is 0 Å². The number of aryl methyl sites for hydroxylation is 1. The molecule has 0 bridgehead atoms. The van der Waals surface area contributed by atoms with Crippen molar-refractivity contribution in [2.24, 2.45) is 5.73 Å². The van der Waals surface area contributed by atoms with Crippen LogP contribution in [0.15, 0.2) is 46.9 Å². The molecule has 4 heteroatoms. The van der Waals surface area contributed by atoms with E-state index in [9.17, 15) is 0 Å². The average molecular weight is 378 g/mol. The summed E-state index contributed by atoms with van der Waals surface area (Å²) in [4.78, 5) is 3.57. The number of H-pyrrole nitrogens is 1. The van der Waals surface area contributed by atoms with Gasteiger partial charge in [0.25, 0.3) is 0 Å². The lowest BCUT2D eigenvalue weighted by molar-refractivity contribution is 0.748. The molecule has 3 aromatic rings. The van der Waals surface area contributed by atoms with Crippen molar-refractivity contribution in [1.82, 2.24) is 4.98 Å². The third-order valence-corrected chi connectivity index (χ3v) is 4.82. The van der Waals surface area contributed by atoms with E-state index in [4.69, 9.17) is 17.3 Å². The molecule has 1 aromatic heterocycles. The molecule has 0 saturated heterocycles. The summed E-state index contributed by atoms with van der Waals surface area (Å²) in [5.41, 5.74) is 10.5. The number of aromatic nitrogens is 1. The van der Waals surface area contributed by atoms with Crippen LogP contribution in [0, 0.1) is 0 Å². The highest BCUT2D eigenvalue weighted by Gasteiger charge is 2.14. The van der Waals surface area contributed by atoms with Crippen LogP contribution >= 0.6 is 27.5 Å². The Morgan fingerprint density at radius 2 is 1.82 bits per heavy atom. The molecular formula is C18H18BrClN2. The summed E-state index contributed by atoms with van der Waals surface area (Å²) in [6.07, 6.45) is 3.16. The van der Waals surface area contributed by atoms with Crippen LogP contribution in [0.4, 0.5) is 0 Å². The zero-order valence-electron chi connectivity index (χ0n) is 12.2. The van der Waals surface area contributed by atoms with Gasteiger partial charge in [-0.2, -0.15) is 0 Å². The minimum absolute atomic E-state index is 0.738. The molecule has 0 amide bonds. The third kappa shape index (κ3) is 3.07. The second-order valence-electron chi connectivity index (χ2n) is 5.39. The largest absolute Gasteiger partial charge is 0.353 e. The quantitative estimate of drug-likeness (QED) is 0.564. The summed E-state index contributed by atoms with van der Waals surface area (Å²) >= 11 is 9.65. The van der Waals surface area contributed by atoms with E-state index in [1.165, 1.54) is 16.6 Å². The van der Waals surface area contributed by atoms with E-state index in [1.807, 2.05) is 12.1 Å². The summed E-state index contributed by atoms with van der Waals surface area (Å²) in [7, 11) is 0. The van der Waals surface area contributed by atoms with Gasteiger partial charge < -0.3 is 10.7 Å². The Hall–Kier alpha value is -1.29. The van der Waals surface area contributed by atoms with Crippen molar-refractivity contribution in [2.45, 2.75) is 19.3 Å². The van der Waals surface area contributed by atoms with Crippen molar-refractivity contribution in [3.8, 4) is 11.3 Å². The van der Waals surface area contributed by atoms with Gasteiger partial charge in [-0.05, 0) is 71.1 Å². The molecule has 0 atom stereocenters. The van der Waals surface area contributed by atoms with Crippen molar-refractivity contribution >= 4 is 38.4 Å². The SMILES string of the molecule is NCCCCc1c(-c2ccc(Cl)cc2)[nH]c2c(Br)cccc12. The number of halogens is 2. The smallest absolute Gasteiger partial charge is 0.0606 e. The van der Waals surface area contributed by atoms with Gasteiger partial charge in [0.15, 0.2) is 0 Å². The van der Waals surface area contributed by atoms with Gasteiger partial charge in [0.05, 0.1) is 5.52 Å². The molecule has 1 heterocycles. The van der Waals surface area contributed by atoms with E-state index in [1.54, 1.807) is 0 Å². The van der Waals surface area contributed by atoms with Gasteiger partial charge in [0, 0.05) is 20.6 Å². The Labute approximate surface area is 143 Å². The lowest BCUT2D eigenvalue weighted by Gasteiger charge is -2.05. The molecule has 3 N–H and O–H groups in total. The van der Waals surface area contributed by atoms with Gasteiger partial charge >= 0.3 is 0 Å². The molecule has 22 heavy (non-hydrogen) atoms. The Kier molecular flexibility index (Phi) is 4.87. The van der Waals surface area contributed by atoms with E-state index in [2.05, 4.69) is 51.2 Å². The first kappa shape index (κ1) is 15.6. The highest BCUT2D eigenvalue weighted by atomic mass is 79.9. The molecule has 0 fully saturated rings. The maximum absolute atomic E-state index is 6.01. The molecule has 2 aromatic carbocycles. The molecule has 3 rings (SSSR count). The average Bonchev–Trinajstić information content (AvgIpc) is 2.89. The molecule has 0 spiro atoms. The van der Waals surface area contributed by atoms with E-state index < -0.39 is 0 Å². The molecule has 0 saturated carbocycles. The zero-order valence-corrected chi connectivity index (χ0v) is 14.5. The van der Waals surface area contributed by atoms with Crippen LogP contribution in [0.5, 0.6) is 0 Å². The van der Waals surface area contributed by atoms with Crippen LogP contribution < -0.4 is 5.73 Å². The van der Waals surface area contributed by atoms with E-state index >= 15 is 0 Å². The first-order chi connectivity index (χ1) is 10.7. The fourth-order valence-electron chi connectivity index (χ4n) is 2.81. The molecule has 2 nitrogen and oxygen atoms in total. The number of para-hydroxylation sites is 1. The highest BCUT2D eigenvalue weighted by Crippen LogP contribution is 2.35. The standard InChI is InChI=1S/C18H18BrClN2/c19-16-6-3-5-15-14(4-1-2-11-21)17(22-18(15)16)12-7-9-13(20)10-8-12/h3,5-10,22H,1-2,4,11,21H2. The van der Waals surface area contributed by atoms with Gasteiger partial charge in [-0.15, -0.1) is 0 Å². The van der Waals surface area contributed by atoms with Crippen LogP contribution in [-0.4, -0.2) is 11.5 Å². The maximum atomic E-state index is 6.01. The summed E-state index contributed by atoms with van der Waals surface area (Å²) in [6.45, 7) is 0.738. The van der Waals surface area contributed by atoms with E-state index in [-0.39, 0.29) is 0 Å². The first-order valence-corrected chi connectivity index (χ1v) is 8.63. The number of unbranched alkanes of at least 4 members (excludes halogenated alkanes) is 1. The minimum atomic E-state index is 0.738. The normalized spacial score (nSPS) is 11.2. The van der Waals surface area contributed by atoms with Crippen molar-refractivity contribution in [2.75, 3.05) is 6.54 Å². The number of nitrogens with two attached hydrogens (primary N) is 1. The summed E-state index contributed by atoms with van der Waals surface area (Å²) in [6, 6.07) is 14.3. The fourth-order valence-corrected chi connectivity index (χ4v) is 3.40. The highest BCUT2D eigenvalue weighted by molar-refractivity contribution is 9.10. The fraction of sp³-hybridized carbons (Fsp3) is 0.222. The molecule has 0 aliphatic heterocycles. The Morgan fingerprint density at radius 3 is 2.55 bits per heavy atom. The third-order valence-electron chi connectivity index (χ3n) is 3.90. The molecule has 0 aliphatic rings. The van der Waals surface area contributed by atoms with Gasteiger partial charge in [0.1, 0.15) is 0 Å². The first-order valence-electron chi connectivity index (χ1n) is 7.46. The summed E-state index contributed by atoms with van der Waals surface area (Å²) in [5, 5.41) is 2.03. The zero-order chi connectivity index (χ0) is 15.5. The lowest BCUT2D eigenvalue weighted by Crippen LogP contribution is -1.99. The Morgan fingerprint density at radius 1 is 1.05 bits per heavy atom. The molecule has 0 radical (unpaired) electrons. The number of benzene rings is 2. The van der Waals surface area contributed by atoms with Crippen molar-refractivity contribution in [1.29, 1.82) is 0 Å². The summed E-state index contributed by atoms with van der Waals surface area (Å²) < 4.78 is 1.09. The maximum Gasteiger partial charge on any atom is 0.0606 e. The number of rotatable bonds is 5. The van der Waals surface area contributed by atoms with E-state index in [0.717, 1.165) is 46.4 Å². The van der Waals surface area contributed by atoms with Crippen molar-refractivity contribution in [3.05, 3.63) is 57.5 Å². The van der Waals surface area contributed by atoms with Gasteiger partial charge in [0.2, 0.25) is 0 Å². The number of hydrogen-bond donors (Lipinski definition) is 2. The predicted octanol–water partition coefficient (Wildman–Crippen LogP) is 5.53. The topological polar surface area (TPSA) is 41.8 Å². The van der Waals surface area contributed by atoms with Gasteiger partial charge in [-0.25, -0.2) is 0 Å². The van der Waals surface area contributed by atoms with Crippen LogP contribution in [0.25, 0.3) is 22.2 Å². The van der Waals surface area contributed by atoms with Gasteiger partial charge in [-0.1, -0.05) is 35.9 Å². The predicted molar refractivity (Wildman–Crippen MR) is 98.4 cm³/mol. The second kappa shape index (κ2) is 6.86. The lowest BCUT2D eigenvalue weighted by atomic mass is 10.0. The molecular weight excluding hydrogens is 360 g/mol. The van der Waals surface area contributed by atoms with E-state index in [0.29, 0.717) is 0 Å². The van der Waals surface area contributed by atoms with Crippen molar-refractivity contribution < 1.29 is 0 Å². The molecule has 0 aliphatic carbocycles. The monoisotopic (exact) mass is 376 g/mol. The number of fused-ring (bicyclic) bond motifs is 1. The Bertz CT molecular complexity index is 778. The van der Waals surface area contributed by atoms with Crippen LogP contribution in [0.2, 0.25) is 5.02 Å².